The van der Waals surface area contributed by atoms with Crippen LogP contribution in [0.5, 0.6) is 0 Å². The molecule has 0 aliphatic heterocycles. The van der Waals surface area contributed by atoms with E-state index in [0.29, 0.717) is 16.3 Å². The van der Waals surface area contributed by atoms with Gasteiger partial charge >= 0.3 is 11.8 Å². The predicted octanol–water partition coefficient (Wildman–Crippen LogP) is 3.92. The van der Waals surface area contributed by atoms with Crippen LogP contribution in [0.25, 0.3) is 0 Å². The summed E-state index contributed by atoms with van der Waals surface area (Å²) in [5.74, 6) is -1.31. The van der Waals surface area contributed by atoms with Crippen molar-refractivity contribution in [1.82, 2.24) is 9.78 Å². The van der Waals surface area contributed by atoms with Crippen LogP contribution < -0.4 is 5.32 Å². The lowest BCUT2D eigenvalue weighted by molar-refractivity contribution is -0.390. The van der Waals surface area contributed by atoms with Crippen LogP contribution in [-0.4, -0.2) is 33.2 Å². The molecule has 0 unspecified atom stereocenters. The highest BCUT2D eigenvalue weighted by Gasteiger charge is 2.30. The van der Waals surface area contributed by atoms with Crippen LogP contribution in [0.1, 0.15) is 46.4 Å². The fraction of sp³-hybridized carbons (Fsp3) is 0.438. The SMILES string of the molecule is CCOC(=O)c1c(NC(=O)[C@@H](C)n2nc([N+](=O)[O-])c(Br)c2C)sc(C)c1C. The minimum Gasteiger partial charge on any atom is -0.462 e. The maximum atomic E-state index is 12.7. The molecule has 9 nitrogen and oxygen atoms in total. The second kappa shape index (κ2) is 8.17. The van der Waals surface area contributed by atoms with Crippen LogP contribution >= 0.6 is 27.3 Å². The molecule has 2 rings (SSSR count). The third-order valence-corrected chi connectivity index (χ3v) is 6.13. The number of nitrogens with zero attached hydrogens (tertiary/aromatic N) is 3. The van der Waals surface area contributed by atoms with E-state index in [4.69, 9.17) is 4.74 Å². The average Bonchev–Trinajstić information content (AvgIpc) is 3.04. The zero-order chi connectivity index (χ0) is 20.5. The Kier molecular flexibility index (Phi) is 6.37. The number of aromatic nitrogens is 2. The fourth-order valence-corrected chi connectivity index (χ4v) is 3.93. The zero-order valence-electron chi connectivity index (χ0n) is 15.5. The topological polar surface area (TPSA) is 116 Å². The summed E-state index contributed by atoms with van der Waals surface area (Å²) in [5, 5.41) is 18.1. The summed E-state index contributed by atoms with van der Waals surface area (Å²) in [6, 6.07) is -0.826. The number of nitrogens with one attached hydrogen (secondary N) is 1. The second-order valence-electron chi connectivity index (χ2n) is 5.80. The lowest BCUT2D eigenvalue weighted by atomic mass is 10.1. The summed E-state index contributed by atoms with van der Waals surface area (Å²) in [4.78, 5) is 36.2. The molecule has 146 valence electrons. The Morgan fingerprint density at radius 3 is 2.56 bits per heavy atom. The third-order valence-electron chi connectivity index (χ3n) is 4.08. The van der Waals surface area contributed by atoms with Crippen molar-refractivity contribution in [3.63, 3.8) is 0 Å². The number of anilines is 1. The van der Waals surface area contributed by atoms with E-state index < -0.39 is 22.8 Å². The Balaban J connectivity index is 2.33. The van der Waals surface area contributed by atoms with Gasteiger partial charge < -0.3 is 20.2 Å². The average molecular weight is 459 g/mol. The van der Waals surface area contributed by atoms with E-state index in [2.05, 4.69) is 26.3 Å². The van der Waals surface area contributed by atoms with Gasteiger partial charge in [-0.25, -0.2) is 4.79 Å². The molecule has 0 fully saturated rings. The summed E-state index contributed by atoms with van der Waals surface area (Å²) in [6.45, 7) is 8.76. The number of halogens is 1. The number of hydrogen-bond acceptors (Lipinski definition) is 7. The van der Waals surface area contributed by atoms with Crippen molar-refractivity contribution in [2.45, 2.75) is 40.7 Å². The molecule has 0 spiro atoms. The number of hydrogen-bond donors (Lipinski definition) is 1. The van der Waals surface area contributed by atoms with Crippen LogP contribution in [0, 0.1) is 30.9 Å². The lowest BCUT2D eigenvalue weighted by Crippen LogP contribution is -2.25. The summed E-state index contributed by atoms with van der Waals surface area (Å²) in [7, 11) is 0. The molecule has 27 heavy (non-hydrogen) atoms. The first kappa shape index (κ1) is 21.0. The van der Waals surface area contributed by atoms with Crippen molar-refractivity contribution in [1.29, 1.82) is 0 Å². The number of carbonyl (C=O) groups excluding carboxylic acids is 2. The Hall–Kier alpha value is -2.27. The van der Waals surface area contributed by atoms with Crippen LogP contribution in [0.15, 0.2) is 4.47 Å². The highest BCUT2D eigenvalue weighted by molar-refractivity contribution is 9.10. The summed E-state index contributed by atoms with van der Waals surface area (Å²) < 4.78 is 6.57. The van der Waals surface area contributed by atoms with E-state index in [1.807, 2.05) is 6.92 Å². The largest absolute Gasteiger partial charge is 0.462 e. The first-order valence-electron chi connectivity index (χ1n) is 8.07. The van der Waals surface area contributed by atoms with Crippen molar-refractivity contribution in [3.8, 4) is 0 Å². The van der Waals surface area contributed by atoms with E-state index in [1.165, 1.54) is 16.0 Å². The molecule has 1 amide bonds. The van der Waals surface area contributed by atoms with E-state index in [0.717, 1.165) is 10.4 Å². The number of thiophene rings is 1. The van der Waals surface area contributed by atoms with Crippen molar-refractivity contribution in [2.24, 2.45) is 0 Å². The van der Waals surface area contributed by atoms with Gasteiger partial charge in [0.25, 0.3) is 5.91 Å². The van der Waals surface area contributed by atoms with Crippen molar-refractivity contribution >= 4 is 50.0 Å². The van der Waals surface area contributed by atoms with E-state index >= 15 is 0 Å². The van der Waals surface area contributed by atoms with Gasteiger partial charge in [0.2, 0.25) is 0 Å². The summed E-state index contributed by atoms with van der Waals surface area (Å²) in [6.07, 6.45) is 0. The molecule has 11 heteroatoms. The second-order valence-corrected chi connectivity index (χ2v) is 7.82. The molecule has 2 heterocycles. The number of nitro groups is 1. The van der Waals surface area contributed by atoms with Crippen LogP contribution in [0.2, 0.25) is 0 Å². The summed E-state index contributed by atoms with van der Waals surface area (Å²) >= 11 is 4.40. The van der Waals surface area contributed by atoms with Crippen LogP contribution in [0.4, 0.5) is 10.8 Å². The number of rotatable bonds is 6. The number of esters is 1. The van der Waals surface area contributed by atoms with E-state index in [9.17, 15) is 19.7 Å². The van der Waals surface area contributed by atoms with Gasteiger partial charge in [-0.15, -0.1) is 11.3 Å². The van der Waals surface area contributed by atoms with Crippen molar-refractivity contribution < 1.29 is 19.2 Å². The van der Waals surface area contributed by atoms with Crippen LogP contribution in [0.3, 0.4) is 0 Å². The molecular formula is C16H19BrN4O5S. The number of aryl methyl sites for hydroxylation is 1. The molecule has 0 aliphatic carbocycles. The van der Waals surface area contributed by atoms with E-state index in [1.54, 1.807) is 27.7 Å². The number of ether oxygens (including phenoxy) is 1. The molecule has 1 atom stereocenters. The number of carbonyl (C=O) groups is 2. The maximum Gasteiger partial charge on any atom is 0.404 e. The Bertz CT molecular complexity index is 921. The van der Waals surface area contributed by atoms with Gasteiger partial charge in [-0.1, -0.05) is 0 Å². The molecular weight excluding hydrogens is 440 g/mol. The molecule has 0 saturated carbocycles. The van der Waals surface area contributed by atoms with Crippen molar-refractivity contribution in [2.75, 3.05) is 11.9 Å². The van der Waals surface area contributed by atoms with Gasteiger partial charge in [-0.05, 0) is 61.0 Å². The predicted molar refractivity (Wildman–Crippen MR) is 104 cm³/mol. The Morgan fingerprint density at radius 2 is 2.04 bits per heavy atom. The van der Waals surface area contributed by atoms with Gasteiger partial charge in [0.1, 0.15) is 15.5 Å². The minimum absolute atomic E-state index is 0.223. The van der Waals surface area contributed by atoms with Crippen LogP contribution in [-0.2, 0) is 9.53 Å². The molecule has 0 saturated heterocycles. The highest BCUT2D eigenvalue weighted by atomic mass is 79.9. The molecule has 2 aromatic heterocycles. The lowest BCUT2D eigenvalue weighted by Gasteiger charge is -2.12. The van der Waals surface area contributed by atoms with Gasteiger partial charge in [0.05, 0.1) is 23.0 Å². The zero-order valence-corrected chi connectivity index (χ0v) is 17.9. The molecule has 0 radical (unpaired) electrons. The molecule has 1 N–H and O–H groups in total. The highest BCUT2D eigenvalue weighted by Crippen LogP contribution is 2.34. The first-order chi connectivity index (χ1) is 12.6. The Labute approximate surface area is 168 Å². The minimum atomic E-state index is -0.826. The maximum absolute atomic E-state index is 12.7. The molecule has 2 aromatic rings. The first-order valence-corrected chi connectivity index (χ1v) is 9.68. The third kappa shape index (κ3) is 4.03. The van der Waals surface area contributed by atoms with Crippen molar-refractivity contribution in [3.05, 3.63) is 36.3 Å². The normalized spacial score (nSPS) is 11.9. The fourth-order valence-electron chi connectivity index (χ4n) is 2.47. The van der Waals surface area contributed by atoms with E-state index in [-0.39, 0.29) is 16.9 Å². The molecule has 0 aromatic carbocycles. The standard InChI is InChI=1S/C16H19BrN4O5S/c1-6-26-16(23)11-7(2)10(5)27-15(11)18-14(22)9(4)20-8(3)12(17)13(19-20)21(24)25/h9H,6H2,1-5H3,(H,18,22)/t9-/m1/s1. The smallest absolute Gasteiger partial charge is 0.404 e. The monoisotopic (exact) mass is 458 g/mol. The van der Waals surface area contributed by atoms with Gasteiger partial charge in [0.15, 0.2) is 0 Å². The Morgan fingerprint density at radius 1 is 1.41 bits per heavy atom. The van der Waals surface area contributed by atoms with Gasteiger partial charge in [-0.3, -0.25) is 4.79 Å². The van der Waals surface area contributed by atoms with Gasteiger partial charge in [-0.2, -0.15) is 4.68 Å². The van der Waals surface area contributed by atoms with Gasteiger partial charge in [0, 0.05) is 4.88 Å². The number of amides is 1. The molecule has 0 aliphatic rings. The molecule has 0 bridgehead atoms. The quantitative estimate of drug-likeness (QED) is 0.398. The summed E-state index contributed by atoms with van der Waals surface area (Å²) in [5.41, 5.74) is 1.52.